The highest BCUT2D eigenvalue weighted by molar-refractivity contribution is 5.41. The Labute approximate surface area is 97.5 Å². The summed E-state index contributed by atoms with van der Waals surface area (Å²) in [6.45, 7) is 7.07. The molecule has 0 radical (unpaired) electrons. The van der Waals surface area contributed by atoms with Crippen molar-refractivity contribution in [3.8, 4) is 0 Å². The summed E-state index contributed by atoms with van der Waals surface area (Å²) in [6, 6.07) is 3.94. The SMILES string of the molecule is CCCCC(C)Nc1ccc(=O)n(CC)c1. The molecule has 1 aromatic rings. The van der Waals surface area contributed by atoms with Gasteiger partial charge in [-0.3, -0.25) is 4.79 Å². The zero-order valence-electron chi connectivity index (χ0n) is 10.5. The van der Waals surface area contributed by atoms with Crippen LogP contribution >= 0.6 is 0 Å². The summed E-state index contributed by atoms with van der Waals surface area (Å²) in [5.74, 6) is 0. The number of aryl methyl sites for hydroxylation is 1. The largest absolute Gasteiger partial charge is 0.381 e. The number of aromatic nitrogens is 1. The van der Waals surface area contributed by atoms with Gasteiger partial charge in [-0.2, -0.15) is 0 Å². The molecule has 3 heteroatoms. The van der Waals surface area contributed by atoms with E-state index in [4.69, 9.17) is 0 Å². The fraction of sp³-hybridized carbons (Fsp3) is 0.615. The smallest absolute Gasteiger partial charge is 0.250 e. The molecule has 1 unspecified atom stereocenters. The second-order valence-electron chi connectivity index (χ2n) is 4.23. The maximum Gasteiger partial charge on any atom is 0.250 e. The summed E-state index contributed by atoms with van der Waals surface area (Å²) in [4.78, 5) is 11.4. The molecule has 0 aliphatic heterocycles. The van der Waals surface area contributed by atoms with E-state index in [1.807, 2.05) is 19.2 Å². The number of hydrogen-bond donors (Lipinski definition) is 1. The minimum absolute atomic E-state index is 0.0641. The predicted molar refractivity (Wildman–Crippen MR) is 69.0 cm³/mol. The van der Waals surface area contributed by atoms with Crippen LogP contribution in [0.5, 0.6) is 0 Å². The van der Waals surface area contributed by atoms with Crippen molar-refractivity contribution >= 4 is 5.69 Å². The lowest BCUT2D eigenvalue weighted by molar-refractivity contribution is 0.642. The van der Waals surface area contributed by atoms with Crippen molar-refractivity contribution in [3.05, 3.63) is 28.7 Å². The van der Waals surface area contributed by atoms with Crippen LogP contribution in [0.4, 0.5) is 5.69 Å². The number of pyridine rings is 1. The van der Waals surface area contributed by atoms with Gasteiger partial charge in [0.2, 0.25) is 0 Å². The normalized spacial score (nSPS) is 12.4. The standard InChI is InChI=1S/C13H22N2O/c1-4-6-7-11(3)14-12-8-9-13(16)15(5-2)10-12/h8-11,14H,4-7H2,1-3H3. The van der Waals surface area contributed by atoms with Crippen molar-refractivity contribution in [3.63, 3.8) is 0 Å². The third-order valence-electron chi connectivity index (χ3n) is 2.73. The first-order chi connectivity index (χ1) is 7.67. The van der Waals surface area contributed by atoms with Crippen LogP contribution < -0.4 is 10.9 Å². The summed E-state index contributed by atoms with van der Waals surface area (Å²) >= 11 is 0. The first-order valence-electron chi connectivity index (χ1n) is 6.14. The van der Waals surface area contributed by atoms with Gasteiger partial charge < -0.3 is 9.88 Å². The summed E-state index contributed by atoms with van der Waals surface area (Å²) in [7, 11) is 0. The molecule has 0 spiro atoms. The quantitative estimate of drug-likeness (QED) is 0.803. The van der Waals surface area contributed by atoms with Crippen molar-refractivity contribution in [2.75, 3.05) is 5.32 Å². The van der Waals surface area contributed by atoms with Crippen LogP contribution in [0.1, 0.15) is 40.0 Å². The first kappa shape index (κ1) is 12.8. The maximum atomic E-state index is 11.4. The van der Waals surface area contributed by atoms with Crippen molar-refractivity contribution in [2.45, 2.75) is 52.6 Å². The number of nitrogens with one attached hydrogen (secondary N) is 1. The molecule has 90 valence electrons. The van der Waals surface area contributed by atoms with Crippen molar-refractivity contribution < 1.29 is 0 Å². The molecule has 0 bridgehead atoms. The molecule has 0 fully saturated rings. The fourth-order valence-corrected chi connectivity index (χ4v) is 1.73. The third kappa shape index (κ3) is 3.72. The molecular formula is C13H22N2O. The van der Waals surface area contributed by atoms with Crippen LogP contribution in [-0.4, -0.2) is 10.6 Å². The third-order valence-corrected chi connectivity index (χ3v) is 2.73. The highest BCUT2D eigenvalue weighted by Crippen LogP contribution is 2.09. The van der Waals surface area contributed by atoms with E-state index in [0.29, 0.717) is 6.04 Å². The molecule has 0 saturated carbocycles. The zero-order valence-corrected chi connectivity index (χ0v) is 10.5. The molecule has 0 amide bonds. The van der Waals surface area contributed by atoms with Gasteiger partial charge in [0.25, 0.3) is 5.56 Å². The van der Waals surface area contributed by atoms with Crippen LogP contribution in [0, 0.1) is 0 Å². The van der Waals surface area contributed by atoms with Crippen molar-refractivity contribution in [2.24, 2.45) is 0 Å². The van der Waals surface area contributed by atoms with Crippen LogP contribution in [0.3, 0.4) is 0 Å². The van der Waals surface area contributed by atoms with Crippen LogP contribution in [0.15, 0.2) is 23.1 Å². The van der Waals surface area contributed by atoms with Crippen LogP contribution in [0.25, 0.3) is 0 Å². The predicted octanol–water partition coefficient (Wildman–Crippen LogP) is 2.86. The maximum absolute atomic E-state index is 11.4. The Kier molecular flexibility index (Phi) is 5.09. The second kappa shape index (κ2) is 6.36. The number of hydrogen-bond acceptors (Lipinski definition) is 2. The van der Waals surface area contributed by atoms with E-state index in [-0.39, 0.29) is 5.56 Å². The van der Waals surface area contributed by atoms with E-state index < -0.39 is 0 Å². The lowest BCUT2D eigenvalue weighted by Crippen LogP contribution is -2.20. The lowest BCUT2D eigenvalue weighted by Gasteiger charge is -2.15. The van der Waals surface area contributed by atoms with Gasteiger partial charge in [0.05, 0.1) is 5.69 Å². The van der Waals surface area contributed by atoms with E-state index in [9.17, 15) is 4.79 Å². The van der Waals surface area contributed by atoms with Gasteiger partial charge in [-0.1, -0.05) is 19.8 Å². The van der Waals surface area contributed by atoms with Gasteiger partial charge in [0.15, 0.2) is 0 Å². The second-order valence-corrected chi connectivity index (χ2v) is 4.23. The summed E-state index contributed by atoms with van der Waals surface area (Å²) in [6.07, 6.45) is 5.52. The topological polar surface area (TPSA) is 34.0 Å². The molecule has 1 aromatic heterocycles. The lowest BCUT2D eigenvalue weighted by atomic mass is 10.1. The number of nitrogens with zero attached hydrogens (tertiary/aromatic N) is 1. The van der Waals surface area contributed by atoms with Gasteiger partial charge in [-0.05, 0) is 26.3 Å². The van der Waals surface area contributed by atoms with Gasteiger partial charge in [-0.15, -0.1) is 0 Å². The molecule has 1 N–H and O–H groups in total. The van der Waals surface area contributed by atoms with Gasteiger partial charge in [0.1, 0.15) is 0 Å². The highest BCUT2D eigenvalue weighted by atomic mass is 16.1. The van der Waals surface area contributed by atoms with Gasteiger partial charge in [-0.25, -0.2) is 0 Å². The molecule has 0 aromatic carbocycles. The Morgan fingerprint density at radius 3 is 2.75 bits per heavy atom. The number of anilines is 1. The number of rotatable bonds is 6. The average molecular weight is 222 g/mol. The van der Waals surface area contributed by atoms with E-state index in [2.05, 4.69) is 19.2 Å². The van der Waals surface area contributed by atoms with E-state index >= 15 is 0 Å². The van der Waals surface area contributed by atoms with Gasteiger partial charge >= 0.3 is 0 Å². The molecular weight excluding hydrogens is 200 g/mol. The van der Waals surface area contributed by atoms with E-state index in [1.54, 1.807) is 10.6 Å². The molecule has 1 atom stereocenters. The zero-order chi connectivity index (χ0) is 12.0. The van der Waals surface area contributed by atoms with Crippen LogP contribution in [0.2, 0.25) is 0 Å². The Balaban J connectivity index is 2.63. The summed E-state index contributed by atoms with van der Waals surface area (Å²) in [5.41, 5.74) is 1.10. The van der Waals surface area contributed by atoms with E-state index in [0.717, 1.165) is 12.2 Å². The highest BCUT2D eigenvalue weighted by Gasteiger charge is 2.02. The Bertz CT molecular complexity index is 370. The average Bonchev–Trinajstić information content (AvgIpc) is 2.29. The molecule has 1 heterocycles. The monoisotopic (exact) mass is 222 g/mol. The fourth-order valence-electron chi connectivity index (χ4n) is 1.73. The first-order valence-corrected chi connectivity index (χ1v) is 6.14. The Hall–Kier alpha value is -1.25. The summed E-state index contributed by atoms with van der Waals surface area (Å²) in [5, 5.41) is 3.42. The Morgan fingerprint density at radius 2 is 2.12 bits per heavy atom. The molecule has 16 heavy (non-hydrogen) atoms. The van der Waals surface area contributed by atoms with Crippen LogP contribution in [-0.2, 0) is 6.54 Å². The number of unbranched alkanes of at least 4 members (excludes halogenated alkanes) is 1. The van der Waals surface area contributed by atoms with Crippen molar-refractivity contribution in [1.29, 1.82) is 0 Å². The molecule has 1 rings (SSSR count). The molecule has 3 nitrogen and oxygen atoms in total. The molecule has 0 aliphatic rings. The minimum Gasteiger partial charge on any atom is -0.381 e. The molecule has 0 saturated heterocycles. The minimum atomic E-state index is 0.0641. The van der Waals surface area contributed by atoms with Crippen molar-refractivity contribution in [1.82, 2.24) is 4.57 Å². The summed E-state index contributed by atoms with van der Waals surface area (Å²) < 4.78 is 1.72. The van der Waals surface area contributed by atoms with E-state index in [1.165, 1.54) is 19.3 Å². The Morgan fingerprint density at radius 1 is 1.38 bits per heavy atom. The van der Waals surface area contributed by atoms with Gasteiger partial charge in [0, 0.05) is 24.8 Å². The molecule has 0 aliphatic carbocycles.